The number of hydrogen-bond donors (Lipinski definition) is 0. The minimum Gasteiger partial charge on any atom is -0.488 e. The van der Waals surface area contributed by atoms with Crippen molar-refractivity contribution in [2.75, 3.05) is 32.9 Å². The molecule has 0 N–H and O–H groups in total. The van der Waals surface area contributed by atoms with E-state index in [0.29, 0.717) is 31.7 Å². The van der Waals surface area contributed by atoms with Gasteiger partial charge in [0.05, 0.1) is 13.2 Å². The number of benzene rings is 4. The number of alkyl halides is 3. The van der Waals surface area contributed by atoms with Gasteiger partial charge in [-0.1, -0.05) is 72.8 Å². The lowest BCUT2D eigenvalue weighted by molar-refractivity contribution is -0.425. The molecule has 4 aromatic carbocycles. The summed E-state index contributed by atoms with van der Waals surface area (Å²) in [6.07, 6.45) is 0.0171. The minimum atomic E-state index is -4.44. The van der Waals surface area contributed by atoms with Gasteiger partial charge in [-0.05, 0) is 61.2 Å². The van der Waals surface area contributed by atoms with Crippen molar-refractivity contribution in [3.05, 3.63) is 125 Å². The van der Waals surface area contributed by atoms with Crippen molar-refractivity contribution in [2.45, 2.75) is 58.0 Å². The molecule has 0 aromatic heterocycles. The van der Waals surface area contributed by atoms with Crippen molar-refractivity contribution < 1.29 is 32.0 Å². The zero-order chi connectivity index (χ0) is 34.6. The Morgan fingerprint density at radius 3 is 2.24 bits per heavy atom. The Morgan fingerprint density at radius 1 is 0.878 bits per heavy atom. The first kappa shape index (κ1) is 35.7. The van der Waals surface area contributed by atoms with E-state index in [1.807, 2.05) is 42.5 Å². The Labute approximate surface area is 287 Å². The van der Waals surface area contributed by atoms with Gasteiger partial charge in [-0.2, -0.15) is 18.4 Å². The van der Waals surface area contributed by atoms with Gasteiger partial charge in [0.25, 0.3) is 0 Å². The molecule has 6 nitrogen and oxygen atoms in total. The van der Waals surface area contributed by atoms with Gasteiger partial charge >= 0.3 is 6.18 Å². The Kier molecular flexibility index (Phi) is 12.5. The monoisotopic (exact) mass is 670 g/mol. The van der Waals surface area contributed by atoms with Crippen molar-refractivity contribution >= 4 is 11.9 Å². The molecule has 1 aliphatic rings. The van der Waals surface area contributed by atoms with Crippen LogP contribution in [0.1, 0.15) is 54.1 Å². The molecule has 2 atom stereocenters. The predicted octanol–water partition coefficient (Wildman–Crippen LogP) is 8.45. The zero-order valence-electron chi connectivity index (χ0n) is 28.0. The lowest BCUT2D eigenvalue weighted by Gasteiger charge is -2.35. The van der Waals surface area contributed by atoms with Crippen LogP contribution in [0.15, 0.2) is 97.1 Å². The van der Waals surface area contributed by atoms with E-state index in [1.54, 1.807) is 18.2 Å². The Morgan fingerprint density at radius 2 is 1.55 bits per heavy atom. The maximum absolute atomic E-state index is 12.8. The van der Waals surface area contributed by atoms with E-state index in [-0.39, 0.29) is 30.2 Å². The van der Waals surface area contributed by atoms with Gasteiger partial charge in [-0.15, -0.1) is 0 Å². The number of nitrogens with zero attached hydrogens (tertiary/aromatic N) is 3. The second-order valence-corrected chi connectivity index (χ2v) is 12.3. The van der Waals surface area contributed by atoms with Crippen LogP contribution in [0.2, 0.25) is 0 Å². The number of fused-ring (bicyclic) bond motifs is 1. The zero-order valence-corrected chi connectivity index (χ0v) is 28.0. The summed E-state index contributed by atoms with van der Waals surface area (Å²) in [6.45, 7) is 5.70. The van der Waals surface area contributed by atoms with Crippen LogP contribution < -0.4 is 9.47 Å². The summed E-state index contributed by atoms with van der Waals surface area (Å²) in [5.41, 5.74) is 6.20. The predicted molar refractivity (Wildman–Crippen MR) is 185 cm³/mol. The van der Waals surface area contributed by atoms with Crippen molar-refractivity contribution in [1.29, 1.82) is 5.26 Å². The highest BCUT2D eigenvalue weighted by molar-refractivity contribution is 5.62. The van der Waals surface area contributed by atoms with E-state index in [2.05, 4.69) is 65.9 Å². The van der Waals surface area contributed by atoms with Crippen LogP contribution in [0, 0.1) is 11.3 Å². The van der Waals surface area contributed by atoms with Crippen LogP contribution in [-0.4, -0.2) is 60.8 Å². The molecule has 1 heterocycles. The van der Waals surface area contributed by atoms with Crippen LogP contribution >= 0.6 is 0 Å². The molecule has 0 bridgehead atoms. The Bertz CT molecular complexity index is 1720. The highest BCUT2D eigenvalue weighted by Gasteiger charge is 2.30. The van der Waals surface area contributed by atoms with Crippen molar-refractivity contribution in [2.24, 2.45) is 0 Å². The largest absolute Gasteiger partial charge is 0.488 e. The topological polar surface area (TPSA) is 57.7 Å². The lowest BCUT2D eigenvalue weighted by Crippen LogP contribution is -2.39. The third kappa shape index (κ3) is 10.2. The highest BCUT2D eigenvalue weighted by Crippen LogP contribution is 2.33. The smallest absolute Gasteiger partial charge is 0.422 e. The molecule has 9 heteroatoms. The first-order chi connectivity index (χ1) is 23.7. The molecule has 1 aliphatic heterocycles. The number of hydrogen-bond acceptors (Lipinski definition) is 5. The summed E-state index contributed by atoms with van der Waals surface area (Å²) in [6, 6.07) is 33.5. The molecule has 0 saturated carbocycles. The Balaban J connectivity index is 1.26. The van der Waals surface area contributed by atoms with E-state index in [9.17, 15) is 18.4 Å². The number of halogens is 3. The van der Waals surface area contributed by atoms with Crippen LogP contribution in [0.3, 0.4) is 0 Å². The maximum atomic E-state index is 12.8. The molecule has 49 heavy (non-hydrogen) atoms. The second kappa shape index (κ2) is 17.1. The molecular weight excluding hydrogens is 627 g/mol. The highest BCUT2D eigenvalue weighted by atomic mass is 19.4. The molecule has 4 aromatic rings. The molecule has 0 spiro atoms. The van der Waals surface area contributed by atoms with Gasteiger partial charge in [0.1, 0.15) is 24.5 Å². The molecule has 0 radical (unpaired) electrons. The summed E-state index contributed by atoms with van der Waals surface area (Å²) >= 11 is 0. The number of para-hydroxylation sites is 2. The molecular formula is C40H43F3N3O3+. The summed E-state index contributed by atoms with van der Waals surface area (Å²) in [5, 5.41) is 10.2. The standard InChI is InChI=1S/C40H43F3N3O3/c1-30(24-33-25-35-18-20-45(39(35)36(26-33)27-44)19-11-22-47-28-32-12-5-3-6-13-32)46(31(2)34-14-7-4-8-15-34)21-23-48-37-16-9-10-17-38(37)49-29-40(41,42)43/h3-10,12-17,19,25-26,30-31H,11,18,20-24,28-29H2,1-2H3/q+1. The van der Waals surface area contributed by atoms with Crippen LogP contribution in [0.5, 0.6) is 11.5 Å². The number of rotatable bonds is 16. The van der Waals surface area contributed by atoms with E-state index in [0.717, 1.165) is 41.8 Å². The molecule has 5 rings (SSSR count). The van der Waals surface area contributed by atoms with E-state index >= 15 is 0 Å². The molecule has 0 saturated heterocycles. The fourth-order valence-corrected chi connectivity index (χ4v) is 6.37. The molecule has 0 aliphatic carbocycles. The SMILES string of the molecule is CC(Cc1cc(C#N)c2c(c1)CC[N+]2=CCCOCc1ccccc1)N(CCOc1ccccc1OCC(F)(F)F)C(C)c1ccccc1. The van der Waals surface area contributed by atoms with E-state index in [4.69, 9.17) is 14.2 Å². The molecule has 2 unspecified atom stereocenters. The summed E-state index contributed by atoms with van der Waals surface area (Å²) in [7, 11) is 0. The normalized spacial score (nSPS) is 14.8. The average Bonchev–Trinajstić information content (AvgIpc) is 3.52. The number of ether oxygens (including phenoxy) is 3. The first-order valence-electron chi connectivity index (χ1n) is 16.7. The van der Waals surface area contributed by atoms with Gasteiger partial charge in [-0.3, -0.25) is 4.90 Å². The van der Waals surface area contributed by atoms with Crippen LogP contribution in [-0.2, 0) is 24.2 Å². The fraction of sp³-hybridized carbons (Fsp3) is 0.350. The molecule has 0 fully saturated rings. The molecule has 256 valence electrons. The van der Waals surface area contributed by atoms with Gasteiger partial charge in [0.15, 0.2) is 24.7 Å². The van der Waals surface area contributed by atoms with Gasteiger partial charge in [0.2, 0.25) is 5.69 Å². The second-order valence-electron chi connectivity index (χ2n) is 12.3. The van der Waals surface area contributed by atoms with Gasteiger partial charge < -0.3 is 14.2 Å². The maximum Gasteiger partial charge on any atom is 0.422 e. The quantitative estimate of drug-likeness (QED) is 0.0885. The van der Waals surface area contributed by atoms with Gasteiger partial charge in [-0.25, -0.2) is 4.58 Å². The first-order valence-corrected chi connectivity index (χ1v) is 16.7. The van der Waals surface area contributed by atoms with Crippen molar-refractivity contribution in [3.8, 4) is 17.6 Å². The fourth-order valence-electron chi connectivity index (χ4n) is 6.37. The lowest BCUT2D eigenvalue weighted by atomic mass is 9.97. The number of nitriles is 1. The Hall–Kier alpha value is -4.65. The third-order valence-corrected chi connectivity index (χ3v) is 8.73. The summed E-state index contributed by atoms with van der Waals surface area (Å²) in [5.74, 6) is 0.330. The van der Waals surface area contributed by atoms with Gasteiger partial charge in [0, 0.05) is 37.0 Å². The summed E-state index contributed by atoms with van der Waals surface area (Å²) in [4.78, 5) is 2.34. The van der Waals surface area contributed by atoms with Crippen molar-refractivity contribution in [1.82, 2.24) is 4.90 Å². The van der Waals surface area contributed by atoms with Crippen LogP contribution in [0.4, 0.5) is 18.9 Å². The average molecular weight is 671 g/mol. The van der Waals surface area contributed by atoms with Crippen LogP contribution in [0.25, 0.3) is 0 Å². The third-order valence-electron chi connectivity index (χ3n) is 8.73. The minimum absolute atomic E-state index is 0.0376. The van der Waals surface area contributed by atoms with Crippen molar-refractivity contribution in [3.63, 3.8) is 0 Å². The molecule has 0 amide bonds. The van der Waals surface area contributed by atoms with E-state index < -0.39 is 12.8 Å². The van der Waals surface area contributed by atoms with E-state index in [1.165, 1.54) is 11.6 Å². The summed E-state index contributed by atoms with van der Waals surface area (Å²) < 4.78 is 57.5.